The van der Waals surface area contributed by atoms with Gasteiger partial charge in [0.25, 0.3) is 0 Å². The number of hydrogen-bond acceptors (Lipinski definition) is 12. The number of hydrogen-bond donors (Lipinski definition) is 4. The molecule has 12 nitrogen and oxygen atoms in total. The molecule has 12 heteroatoms. The number of phenols is 3. The summed E-state index contributed by atoms with van der Waals surface area (Å²) < 4.78 is 24.4. The van der Waals surface area contributed by atoms with E-state index in [1.54, 1.807) is 0 Å². The first-order valence-corrected chi connectivity index (χ1v) is 30.8. The van der Waals surface area contributed by atoms with Gasteiger partial charge in [-0.1, -0.05) is 221 Å². The topological polar surface area (TPSA) is 186 Å². The third-order valence-electron chi connectivity index (χ3n) is 15.8. The van der Waals surface area contributed by atoms with Crippen molar-refractivity contribution in [3.05, 3.63) is 122 Å². The quantitative estimate of drug-likeness (QED) is 0.0401. The van der Waals surface area contributed by atoms with E-state index in [9.17, 15) is 39.6 Å². The Balaban J connectivity index is 2.16. The molecule has 3 aromatic carbocycles. The Morgan fingerprint density at radius 2 is 0.628 bits per heavy atom. The van der Waals surface area contributed by atoms with Crippen LogP contribution in [0.1, 0.15) is 248 Å². The Morgan fingerprint density at radius 3 is 0.837 bits per heavy atom. The number of allylic oxidation sites excluding steroid dienone is 4. The van der Waals surface area contributed by atoms with Gasteiger partial charge in [-0.3, -0.25) is 19.2 Å². The highest BCUT2D eigenvalue weighted by molar-refractivity contribution is 5.72. The maximum atomic E-state index is 14.2. The minimum atomic E-state index is -1.60. The van der Waals surface area contributed by atoms with Crippen LogP contribution in [0.25, 0.3) is 0 Å². The fourth-order valence-corrected chi connectivity index (χ4v) is 9.75. The van der Waals surface area contributed by atoms with Crippen molar-refractivity contribution in [3.63, 3.8) is 0 Å². The lowest BCUT2D eigenvalue weighted by molar-refractivity contribution is -0.170. The van der Waals surface area contributed by atoms with Gasteiger partial charge in [0.1, 0.15) is 49.1 Å². The van der Waals surface area contributed by atoms with Gasteiger partial charge in [0.2, 0.25) is 0 Å². The molecule has 0 aromatic heterocycles. The summed E-state index contributed by atoms with van der Waals surface area (Å²) in [6, 6.07) is 11.5. The molecule has 0 atom stereocenters. The van der Waals surface area contributed by atoms with Gasteiger partial charge < -0.3 is 39.4 Å². The van der Waals surface area contributed by atoms with E-state index >= 15 is 0 Å². The van der Waals surface area contributed by atoms with Crippen LogP contribution in [0.3, 0.4) is 0 Å². The smallest absolute Gasteiger partial charge is 0.306 e. The van der Waals surface area contributed by atoms with Gasteiger partial charge in [0.05, 0.1) is 6.61 Å². The van der Waals surface area contributed by atoms with Crippen LogP contribution < -0.4 is 0 Å². The zero-order valence-electron chi connectivity index (χ0n) is 57.6. The summed E-state index contributed by atoms with van der Waals surface area (Å²) in [5.74, 6) is -1.77. The first-order chi connectivity index (χ1) is 38.9. The number of aliphatic hydroxyl groups excluding tert-OH is 1. The molecule has 86 heavy (non-hydrogen) atoms. The first kappa shape index (κ1) is 74.4. The third-order valence-corrected chi connectivity index (χ3v) is 15.8. The minimum absolute atomic E-state index is 0.0697. The fraction of sp³-hybridized carbons (Fsp3) is 0.622. The van der Waals surface area contributed by atoms with Crippen LogP contribution >= 0.6 is 0 Å². The van der Waals surface area contributed by atoms with Gasteiger partial charge in [0, 0.05) is 25.7 Å². The first-order valence-electron chi connectivity index (χ1n) is 30.8. The van der Waals surface area contributed by atoms with E-state index in [0.717, 1.165) is 66.8 Å². The minimum Gasteiger partial charge on any atom is -0.507 e. The van der Waals surface area contributed by atoms with Crippen LogP contribution in [-0.4, -0.2) is 77.3 Å². The average molecular weight is 1190 g/mol. The van der Waals surface area contributed by atoms with E-state index in [1.807, 2.05) is 215 Å². The lowest BCUT2D eigenvalue weighted by atomic mass is 9.78. The van der Waals surface area contributed by atoms with Gasteiger partial charge in [-0.05, 0) is 136 Å². The highest BCUT2D eigenvalue weighted by atomic mass is 16.6. The van der Waals surface area contributed by atoms with Crippen molar-refractivity contribution in [3.8, 4) is 17.2 Å². The highest BCUT2D eigenvalue weighted by Crippen LogP contribution is 2.43. The van der Waals surface area contributed by atoms with E-state index in [2.05, 4.69) is 6.58 Å². The monoisotopic (exact) mass is 1190 g/mol. The maximum absolute atomic E-state index is 14.2. The molecule has 0 spiro atoms. The van der Waals surface area contributed by atoms with Gasteiger partial charge >= 0.3 is 23.9 Å². The predicted octanol–water partition coefficient (Wildman–Crippen LogP) is 16.2. The average Bonchev–Trinajstić information content (AvgIpc) is 0.874. The van der Waals surface area contributed by atoms with Gasteiger partial charge in [-0.25, -0.2) is 0 Å². The highest BCUT2D eigenvalue weighted by Gasteiger charge is 2.39. The molecule has 0 saturated carbocycles. The number of benzene rings is 3. The van der Waals surface area contributed by atoms with Crippen molar-refractivity contribution in [1.82, 2.24) is 0 Å². The van der Waals surface area contributed by atoms with Crippen LogP contribution in [-0.2, 0) is 89.9 Å². The van der Waals surface area contributed by atoms with Crippen molar-refractivity contribution in [1.29, 1.82) is 0 Å². The largest absolute Gasteiger partial charge is 0.507 e. The summed E-state index contributed by atoms with van der Waals surface area (Å²) in [6.07, 6.45) is 4.56. The maximum Gasteiger partial charge on any atom is 0.306 e. The molecule has 0 saturated heterocycles. The van der Waals surface area contributed by atoms with Crippen molar-refractivity contribution in [2.24, 2.45) is 16.2 Å². The van der Waals surface area contributed by atoms with Crippen molar-refractivity contribution in [2.75, 3.05) is 33.0 Å². The molecule has 3 aromatic rings. The van der Waals surface area contributed by atoms with Gasteiger partial charge in [-0.15, -0.1) is 0 Å². The molecule has 0 amide bonds. The molecular weight excluding hydrogens is 1080 g/mol. The Labute approximate surface area is 518 Å². The summed E-state index contributed by atoms with van der Waals surface area (Å²) in [4.78, 5) is 56.5. The van der Waals surface area contributed by atoms with E-state index in [0.29, 0.717) is 0 Å². The van der Waals surface area contributed by atoms with Gasteiger partial charge in [-0.2, -0.15) is 0 Å². The number of aromatic hydroxyl groups is 3. The number of carbonyl (C=O) groups excluding carboxylic acids is 4. The molecule has 3 rings (SSSR count). The summed E-state index contributed by atoms with van der Waals surface area (Å²) in [5, 5.41) is 44.7. The zero-order chi connectivity index (χ0) is 66.1. The molecule has 0 aliphatic carbocycles. The number of esters is 4. The predicted molar refractivity (Wildman–Crippen MR) is 348 cm³/mol. The van der Waals surface area contributed by atoms with Crippen molar-refractivity contribution >= 4 is 23.9 Å². The van der Waals surface area contributed by atoms with Crippen LogP contribution in [0.2, 0.25) is 0 Å². The summed E-state index contributed by atoms with van der Waals surface area (Å²) in [7, 11) is 0. The SMILES string of the molecule is C=C(/C=C(\C=C(/CO)C(C)(C)C)CCC(=O)OCC(COC(=O)CCc1cc(C(C)(C)C)c(O)c(C(C)(C)C)c1)(COC(=O)CCc1cc(C(C)(C)C)c(O)c(C(C)(C)C)c1)COC(=O)CCc1cc(C(C)(C)C)c(O)c(C(C)(C)C)c1)C(C)(C)C. The fourth-order valence-electron chi connectivity index (χ4n) is 9.75. The molecule has 0 fully saturated rings. The molecule has 0 unspecified atom stereocenters. The number of phenolic OH excluding ortho intramolecular Hbond substituents is 3. The van der Waals surface area contributed by atoms with E-state index in [1.165, 1.54) is 0 Å². The molecule has 0 radical (unpaired) electrons. The lowest BCUT2D eigenvalue weighted by Crippen LogP contribution is -2.44. The van der Waals surface area contributed by atoms with E-state index in [4.69, 9.17) is 18.9 Å². The molecular formula is C74H112O12. The van der Waals surface area contributed by atoms with Crippen LogP contribution in [0.5, 0.6) is 17.2 Å². The lowest BCUT2D eigenvalue weighted by Gasteiger charge is -2.32. The molecule has 0 aliphatic heterocycles. The Hall–Kier alpha value is -5.88. The summed E-state index contributed by atoms with van der Waals surface area (Å²) in [6.45, 7) is 50.8. The number of rotatable bonds is 23. The van der Waals surface area contributed by atoms with Gasteiger partial charge in [0.15, 0.2) is 0 Å². The van der Waals surface area contributed by atoms with Crippen LogP contribution in [0.4, 0.5) is 0 Å². The number of aryl methyl sites for hydroxylation is 3. The Kier molecular flexibility index (Phi) is 24.7. The summed E-state index contributed by atoms with van der Waals surface area (Å²) in [5.41, 5.74) is 4.69. The number of ether oxygens (including phenoxy) is 4. The van der Waals surface area contributed by atoms with Crippen LogP contribution in [0, 0.1) is 16.2 Å². The molecule has 4 N–H and O–H groups in total. The normalized spacial score (nSPS) is 13.6. The Morgan fingerprint density at radius 1 is 0.384 bits per heavy atom. The third kappa shape index (κ3) is 22.4. The zero-order valence-corrected chi connectivity index (χ0v) is 57.6. The number of aliphatic hydroxyl groups is 1. The van der Waals surface area contributed by atoms with Crippen molar-refractivity contribution < 1.29 is 58.6 Å². The molecule has 0 bridgehead atoms. The van der Waals surface area contributed by atoms with E-state index < -0.39 is 88.2 Å². The second kappa shape index (κ2) is 28.5. The van der Waals surface area contributed by atoms with Crippen molar-refractivity contribution in [2.45, 2.75) is 250 Å². The molecule has 0 aliphatic rings. The standard InChI is InChI=1S/C74H112O12/c1-47(66(2,3)4)34-48(35-52(42-75)67(5,6)7)26-30-59(76)83-43-74(44-84-60(77)31-27-49-36-53(68(8,9)10)63(80)54(37-49)69(11,12)13,45-85-61(78)32-28-50-38-55(70(14,15)16)64(81)56(39-50)71(17,18)19)46-86-62(79)33-29-51-40-57(72(20,21)22)65(82)58(41-51)73(23,24)25/h34-41,75,80-82H,1,26-33,42-46H2,2-25H3/b48-34-,52-35+. The number of carbonyl (C=O) groups is 4. The van der Waals surface area contributed by atoms with E-state index in [-0.39, 0.29) is 86.1 Å². The second-order valence-corrected chi connectivity index (χ2v) is 32.3. The molecule has 480 valence electrons. The summed E-state index contributed by atoms with van der Waals surface area (Å²) >= 11 is 0. The Bertz CT molecular complexity index is 2590. The molecule has 0 heterocycles. The second-order valence-electron chi connectivity index (χ2n) is 32.3. The van der Waals surface area contributed by atoms with Crippen LogP contribution in [0.15, 0.2) is 71.8 Å².